The number of hydrogen-bond acceptors (Lipinski definition) is 2. The molecule has 0 fully saturated rings. The molecule has 6 aromatic carbocycles. The SMILES string of the molecule is [2H]C([2H])([2H])c1c[c-]c(-c2cc(C([2H])([2H])[2H])c(C([2H])([2H])[2H])cn2)cc1.[Ir].[c-]1c2c(c3ccccc3n3c4ccccc4nc23)c2c3ccccc3n3c4ccccc4c1c23. The van der Waals surface area contributed by atoms with Crippen LogP contribution >= 0.6 is 0 Å². The molecule has 0 N–H and O–H groups in total. The van der Waals surface area contributed by atoms with E-state index in [4.69, 9.17) is 17.3 Å². The van der Waals surface area contributed by atoms with Crippen molar-refractivity contribution >= 4 is 76.5 Å². The van der Waals surface area contributed by atoms with Gasteiger partial charge in [0.25, 0.3) is 0 Å². The summed E-state index contributed by atoms with van der Waals surface area (Å²) in [5.74, 6) is 0. The summed E-state index contributed by atoms with van der Waals surface area (Å²) in [5, 5.41) is 8.52. The molecule has 0 aliphatic carbocycles. The molecule has 11 rings (SSSR count). The minimum atomic E-state index is -2.61. The van der Waals surface area contributed by atoms with Crippen LogP contribution in [0, 0.1) is 32.7 Å². The van der Waals surface area contributed by atoms with Crippen LogP contribution in [0.15, 0.2) is 128 Å². The molecule has 0 aliphatic rings. The molecule has 0 amide bonds. The summed E-state index contributed by atoms with van der Waals surface area (Å²) in [4.78, 5) is 9.14. The first kappa shape index (κ1) is 22.2. The fraction of sp³-hybridized carbons (Fsp3) is 0.0667. The third-order valence-corrected chi connectivity index (χ3v) is 9.47. The van der Waals surface area contributed by atoms with Gasteiger partial charge in [-0.05, 0) is 71.6 Å². The van der Waals surface area contributed by atoms with E-state index in [0.717, 1.165) is 28.3 Å². The molecule has 5 aromatic heterocycles. The number of fused-ring (bicyclic) bond motifs is 15. The van der Waals surface area contributed by atoms with Gasteiger partial charge in [-0.2, -0.15) is 0 Å². The van der Waals surface area contributed by atoms with Crippen LogP contribution in [0.2, 0.25) is 0 Å². The first-order valence-electron chi connectivity index (χ1n) is 20.4. The van der Waals surface area contributed by atoms with Gasteiger partial charge in [0.15, 0.2) is 0 Å². The van der Waals surface area contributed by atoms with Crippen molar-refractivity contribution in [2.45, 2.75) is 20.6 Å². The zero-order valence-electron chi connectivity index (χ0n) is 35.2. The second kappa shape index (κ2) is 11.5. The summed E-state index contributed by atoms with van der Waals surface area (Å²) in [6.07, 6.45) is 1.02. The maximum absolute atomic E-state index is 7.54. The summed E-state index contributed by atoms with van der Waals surface area (Å²) in [5.41, 5.74) is 8.05. The van der Waals surface area contributed by atoms with Gasteiger partial charge in [0.1, 0.15) is 0 Å². The molecule has 0 unspecified atom stereocenters. The number of aryl methyl sites for hydroxylation is 3. The van der Waals surface area contributed by atoms with Crippen LogP contribution in [0.4, 0.5) is 0 Å². The average molecular weight is 828 g/mol. The summed E-state index contributed by atoms with van der Waals surface area (Å²) < 4.78 is 71.6. The molecule has 0 spiro atoms. The number of pyridine rings is 2. The van der Waals surface area contributed by atoms with Crippen LogP contribution < -0.4 is 0 Å². The van der Waals surface area contributed by atoms with E-state index < -0.39 is 20.6 Å². The Labute approximate surface area is 315 Å². The smallest absolute Gasteiger partial charge is 0.0798 e. The van der Waals surface area contributed by atoms with E-state index in [1.807, 2.05) is 0 Å². The van der Waals surface area contributed by atoms with Crippen molar-refractivity contribution in [1.82, 2.24) is 18.8 Å². The fourth-order valence-electron chi connectivity index (χ4n) is 7.37. The van der Waals surface area contributed by atoms with E-state index in [-0.39, 0.29) is 42.5 Å². The summed E-state index contributed by atoms with van der Waals surface area (Å²) in [6, 6.07) is 46.5. The normalized spacial score (nSPS) is 15.2. The summed E-state index contributed by atoms with van der Waals surface area (Å²) in [6.45, 7) is -7.47. The number of imidazole rings is 1. The third-order valence-electron chi connectivity index (χ3n) is 9.47. The Kier molecular flexibility index (Phi) is 5.09. The van der Waals surface area contributed by atoms with Gasteiger partial charge >= 0.3 is 0 Å². The van der Waals surface area contributed by atoms with Gasteiger partial charge in [0.2, 0.25) is 0 Å². The van der Waals surface area contributed by atoms with Crippen LogP contribution in [0.1, 0.15) is 29.0 Å². The van der Waals surface area contributed by atoms with E-state index >= 15 is 0 Å². The van der Waals surface area contributed by atoms with Crippen molar-refractivity contribution in [3.8, 4) is 11.3 Å². The predicted octanol–water partition coefficient (Wildman–Crippen LogP) is 11.2. The van der Waals surface area contributed by atoms with Gasteiger partial charge in [0.05, 0.1) is 16.7 Å². The summed E-state index contributed by atoms with van der Waals surface area (Å²) in [7, 11) is 0. The minimum Gasteiger partial charge on any atom is -0.348 e. The first-order chi connectivity index (χ1) is 27.7. The second-order valence-electron chi connectivity index (χ2n) is 12.2. The van der Waals surface area contributed by atoms with Gasteiger partial charge < -0.3 is 13.8 Å². The fourth-order valence-corrected chi connectivity index (χ4v) is 7.37. The maximum atomic E-state index is 7.54. The molecule has 5 heterocycles. The van der Waals surface area contributed by atoms with Gasteiger partial charge in [-0.15, -0.1) is 41.5 Å². The van der Waals surface area contributed by atoms with E-state index in [1.165, 1.54) is 78.6 Å². The Balaban J connectivity index is 0.000000160. The van der Waals surface area contributed by atoms with E-state index in [0.29, 0.717) is 5.56 Å². The first-order valence-corrected chi connectivity index (χ1v) is 15.9. The van der Waals surface area contributed by atoms with Crippen molar-refractivity contribution in [3.63, 3.8) is 0 Å². The molecule has 0 atom stereocenters. The monoisotopic (exact) mass is 828 g/mol. The largest absolute Gasteiger partial charge is 0.348 e. The van der Waals surface area contributed by atoms with Crippen LogP contribution in [0.5, 0.6) is 0 Å². The zero-order chi connectivity index (χ0) is 40.3. The van der Waals surface area contributed by atoms with Crippen molar-refractivity contribution in [2.75, 3.05) is 0 Å². The number of nitrogens with zero attached hydrogens (tertiary/aromatic N) is 4. The number of hydrogen-bond donors (Lipinski definition) is 0. The average Bonchev–Trinajstić information content (AvgIpc) is 3.87. The molecule has 0 saturated carbocycles. The number of para-hydroxylation sites is 5. The molecule has 241 valence electrons. The van der Waals surface area contributed by atoms with E-state index in [1.54, 1.807) is 0 Å². The number of rotatable bonds is 1. The zero-order valence-corrected chi connectivity index (χ0v) is 28.6. The molecule has 0 bridgehead atoms. The van der Waals surface area contributed by atoms with Crippen molar-refractivity contribution < 1.29 is 32.4 Å². The molecule has 5 heteroatoms. The minimum absolute atomic E-state index is 0. The molecule has 1 radical (unpaired) electrons. The molecule has 0 saturated heterocycles. The Bertz CT molecular complexity index is 3420. The molecular weight excluding hydrogens is 789 g/mol. The van der Waals surface area contributed by atoms with Crippen molar-refractivity contribution in [2.24, 2.45) is 0 Å². The van der Waals surface area contributed by atoms with Crippen LogP contribution in [-0.4, -0.2) is 18.8 Å². The second-order valence-corrected chi connectivity index (χ2v) is 12.2. The molecule has 0 aliphatic heterocycles. The Morgan fingerprint density at radius 1 is 0.620 bits per heavy atom. The Hall–Kier alpha value is -5.61. The molecule has 4 nitrogen and oxygen atoms in total. The number of aromatic nitrogens is 4. The third kappa shape index (κ3) is 4.34. The van der Waals surface area contributed by atoms with Crippen LogP contribution in [0.25, 0.3) is 87.7 Å². The van der Waals surface area contributed by atoms with E-state index in [2.05, 4.69) is 123 Å². The topological polar surface area (TPSA) is 34.6 Å². The van der Waals surface area contributed by atoms with Gasteiger partial charge in [-0.25, -0.2) is 0 Å². The van der Waals surface area contributed by atoms with Crippen molar-refractivity contribution in [3.05, 3.63) is 156 Å². The van der Waals surface area contributed by atoms with Crippen LogP contribution in [-0.2, 0) is 20.1 Å². The Morgan fingerprint density at radius 2 is 1.28 bits per heavy atom. The molecular formula is C45H30IrN4-2. The summed E-state index contributed by atoms with van der Waals surface area (Å²) >= 11 is 0. The maximum Gasteiger partial charge on any atom is 0.0798 e. The predicted molar refractivity (Wildman–Crippen MR) is 204 cm³/mol. The Morgan fingerprint density at radius 3 is 2.00 bits per heavy atom. The van der Waals surface area contributed by atoms with Crippen LogP contribution in [0.3, 0.4) is 0 Å². The quantitative estimate of drug-likeness (QED) is 0.122. The van der Waals surface area contributed by atoms with E-state index in [9.17, 15) is 0 Å². The van der Waals surface area contributed by atoms with Gasteiger partial charge in [-0.3, -0.25) is 4.98 Å². The van der Waals surface area contributed by atoms with Crippen molar-refractivity contribution in [1.29, 1.82) is 0 Å². The van der Waals surface area contributed by atoms with Gasteiger partial charge in [-0.1, -0.05) is 112 Å². The van der Waals surface area contributed by atoms with Gasteiger partial charge in [0, 0.05) is 55.2 Å². The standard InChI is InChI=1S/C31H16N3.C14H14N.Ir/c1-5-13-24-18(9-1)21-17-22-28(29-20-11-3-6-14-25(20)33(24)30(21)29)19-10-2-7-15-26(19)34-27-16-8-4-12-23(27)32-31(22)34;1-10-4-6-13(7-5-10)14-8-11(2)12(3)9-15-14;/h1-16H;4-6,8-9H,1-3H3;/q2*-1;/i;1D3,2D3,3D3;. The number of benzene rings is 6. The molecule has 11 aromatic rings. The molecule has 50 heavy (non-hydrogen) atoms.